The quantitative estimate of drug-likeness (QED) is 0.845. The van der Waals surface area contributed by atoms with Gasteiger partial charge in [-0.2, -0.15) is 0 Å². The smallest absolute Gasteiger partial charge is 0.0241 e. The maximum absolute atomic E-state index is 3.59. The Balaban J connectivity index is 1.71. The second kappa shape index (κ2) is 4.47. The predicted octanol–water partition coefficient (Wildman–Crippen LogP) is 2.03. The highest BCUT2D eigenvalue weighted by Crippen LogP contribution is 2.29. The molecule has 2 aliphatic heterocycles. The van der Waals surface area contributed by atoms with Gasteiger partial charge in [-0.1, -0.05) is 0 Å². The van der Waals surface area contributed by atoms with Crippen LogP contribution in [0.5, 0.6) is 0 Å². The zero-order valence-corrected chi connectivity index (χ0v) is 10.8. The predicted molar refractivity (Wildman–Crippen MR) is 69.1 cm³/mol. The normalized spacial score (nSPS) is 25.9. The second-order valence-electron chi connectivity index (χ2n) is 5.15. The third-order valence-corrected chi connectivity index (χ3v) is 4.98. The van der Waals surface area contributed by atoms with E-state index in [0.717, 1.165) is 12.6 Å². The van der Waals surface area contributed by atoms with Crippen molar-refractivity contribution in [2.45, 2.75) is 38.3 Å². The Hall–Kier alpha value is -0.380. The molecule has 1 aromatic heterocycles. The molecule has 1 aromatic rings. The van der Waals surface area contributed by atoms with Crippen LogP contribution < -0.4 is 5.32 Å². The Morgan fingerprint density at radius 3 is 3.31 bits per heavy atom. The summed E-state index contributed by atoms with van der Waals surface area (Å²) in [6, 6.07) is 3.20. The molecule has 2 aliphatic rings. The molecule has 3 heterocycles. The molecule has 1 N–H and O–H groups in total. The molecule has 3 heteroatoms. The molecule has 1 fully saturated rings. The molecule has 1 unspecified atom stereocenters. The first kappa shape index (κ1) is 10.8. The first-order valence-electron chi connectivity index (χ1n) is 6.33. The van der Waals surface area contributed by atoms with Crippen molar-refractivity contribution < 1.29 is 0 Å². The van der Waals surface area contributed by atoms with Crippen LogP contribution in [0, 0.1) is 0 Å². The van der Waals surface area contributed by atoms with E-state index in [0.29, 0.717) is 0 Å². The Labute approximate surface area is 102 Å². The number of rotatable bonds is 2. The van der Waals surface area contributed by atoms with Gasteiger partial charge in [-0.25, -0.2) is 0 Å². The Morgan fingerprint density at radius 1 is 1.56 bits per heavy atom. The fraction of sp³-hybridized carbons (Fsp3) is 0.692. The number of hydrogen-bond donors (Lipinski definition) is 1. The highest BCUT2D eigenvalue weighted by atomic mass is 32.1. The monoisotopic (exact) mass is 236 g/mol. The van der Waals surface area contributed by atoms with Crippen LogP contribution in [-0.2, 0) is 19.4 Å². The highest BCUT2D eigenvalue weighted by molar-refractivity contribution is 7.12. The Kier molecular flexibility index (Phi) is 3.01. The van der Waals surface area contributed by atoms with Gasteiger partial charge < -0.3 is 10.2 Å². The van der Waals surface area contributed by atoms with E-state index in [1.807, 2.05) is 0 Å². The summed E-state index contributed by atoms with van der Waals surface area (Å²) in [4.78, 5) is 5.66. The second-order valence-corrected chi connectivity index (χ2v) is 6.37. The van der Waals surface area contributed by atoms with E-state index in [1.54, 1.807) is 15.3 Å². The van der Waals surface area contributed by atoms with Gasteiger partial charge in [0.1, 0.15) is 0 Å². The summed E-state index contributed by atoms with van der Waals surface area (Å²) in [5.41, 5.74) is 1.59. The van der Waals surface area contributed by atoms with Crippen LogP contribution in [0.1, 0.15) is 28.2 Å². The van der Waals surface area contributed by atoms with Gasteiger partial charge in [0.25, 0.3) is 0 Å². The SMILES string of the molecule is CN1CCc2sc(CC3CCCN3)cc2C1. The molecule has 1 saturated heterocycles. The number of thiophene rings is 1. The number of fused-ring (bicyclic) bond motifs is 1. The summed E-state index contributed by atoms with van der Waals surface area (Å²) in [7, 11) is 2.22. The molecule has 2 nitrogen and oxygen atoms in total. The molecule has 0 aliphatic carbocycles. The van der Waals surface area contributed by atoms with Crippen LogP contribution in [0.15, 0.2) is 6.07 Å². The van der Waals surface area contributed by atoms with Crippen LogP contribution in [0.4, 0.5) is 0 Å². The Bertz CT molecular complexity index is 366. The summed E-state index contributed by atoms with van der Waals surface area (Å²) in [5.74, 6) is 0. The fourth-order valence-electron chi connectivity index (χ4n) is 2.81. The minimum atomic E-state index is 0.748. The molecule has 0 bridgehead atoms. The average molecular weight is 236 g/mol. The van der Waals surface area contributed by atoms with Crippen LogP contribution in [-0.4, -0.2) is 31.1 Å². The van der Waals surface area contributed by atoms with E-state index in [4.69, 9.17) is 0 Å². The summed E-state index contributed by atoms with van der Waals surface area (Å²) < 4.78 is 0. The van der Waals surface area contributed by atoms with E-state index in [-0.39, 0.29) is 0 Å². The lowest BCUT2D eigenvalue weighted by Crippen LogP contribution is -2.25. The van der Waals surface area contributed by atoms with E-state index < -0.39 is 0 Å². The third kappa shape index (κ3) is 2.17. The van der Waals surface area contributed by atoms with E-state index in [9.17, 15) is 0 Å². The molecule has 16 heavy (non-hydrogen) atoms. The van der Waals surface area contributed by atoms with Gasteiger partial charge in [0.15, 0.2) is 0 Å². The molecular formula is C13H20N2S. The van der Waals surface area contributed by atoms with E-state index in [1.165, 1.54) is 38.8 Å². The Morgan fingerprint density at radius 2 is 2.50 bits per heavy atom. The van der Waals surface area contributed by atoms with Gasteiger partial charge in [0.2, 0.25) is 0 Å². The van der Waals surface area contributed by atoms with Crippen molar-refractivity contribution in [1.82, 2.24) is 10.2 Å². The summed E-state index contributed by atoms with van der Waals surface area (Å²) in [5, 5.41) is 3.59. The number of hydrogen-bond acceptors (Lipinski definition) is 3. The lowest BCUT2D eigenvalue weighted by molar-refractivity contribution is 0.315. The topological polar surface area (TPSA) is 15.3 Å². The molecule has 0 aromatic carbocycles. The molecule has 0 radical (unpaired) electrons. The average Bonchev–Trinajstić information content (AvgIpc) is 2.86. The standard InChI is InChI=1S/C13H20N2S/c1-15-6-4-13-10(9-15)7-12(16-13)8-11-3-2-5-14-11/h7,11,14H,2-6,8-9H2,1H3. The van der Waals surface area contributed by atoms with Crippen LogP contribution in [0.3, 0.4) is 0 Å². The molecular weight excluding hydrogens is 216 g/mol. The lowest BCUT2D eigenvalue weighted by Gasteiger charge is -2.21. The van der Waals surface area contributed by atoms with Gasteiger partial charge in [-0.15, -0.1) is 11.3 Å². The molecule has 0 spiro atoms. The number of nitrogens with zero attached hydrogens (tertiary/aromatic N) is 1. The van der Waals surface area contributed by atoms with Crippen molar-refractivity contribution in [2.24, 2.45) is 0 Å². The van der Waals surface area contributed by atoms with Gasteiger partial charge in [-0.3, -0.25) is 0 Å². The highest BCUT2D eigenvalue weighted by Gasteiger charge is 2.19. The minimum absolute atomic E-state index is 0.748. The molecule has 3 rings (SSSR count). The zero-order valence-electron chi connectivity index (χ0n) is 9.96. The van der Waals surface area contributed by atoms with Crippen molar-refractivity contribution in [3.63, 3.8) is 0 Å². The fourth-order valence-corrected chi connectivity index (χ4v) is 4.06. The van der Waals surface area contributed by atoms with Crippen molar-refractivity contribution in [1.29, 1.82) is 0 Å². The van der Waals surface area contributed by atoms with Gasteiger partial charge in [-0.05, 0) is 50.9 Å². The van der Waals surface area contributed by atoms with Gasteiger partial charge in [0, 0.05) is 28.9 Å². The summed E-state index contributed by atoms with van der Waals surface area (Å²) >= 11 is 2.06. The van der Waals surface area contributed by atoms with Crippen molar-refractivity contribution >= 4 is 11.3 Å². The molecule has 1 atom stereocenters. The first-order valence-corrected chi connectivity index (χ1v) is 7.15. The maximum atomic E-state index is 3.59. The van der Waals surface area contributed by atoms with E-state index >= 15 is 0 Å². The summed E-state index contributed by atoms with van der Waals surface area (Å²) in [6.45, 7) is 3.61. The minimum Gasteiger partial charge on any atom is -0.314 e. The zero-order chi connectivity index (χ0) is 11.0. The largest absolute Gasteiger partial charge is 0.314 e. The van der Waals surface area contributed by atoms with Gasteiger partial charge in [0.05, 0.1) is 0 Å². The van der Waals surface area contributed by atoms with Crippen molar-refractivity contribution in [3.8, 4) is 0 Å². The van der Waals surface area contributed by atoms with Crippen LogP contribution in [0.2, 0.25) is 0 Å². The lowest BCUT2D eigenvalue weighted by atomic mass is 10.1. The van der Waals surface area contributed by atoms with Crippen molar-refractivity contribution in [3.05, 3.63) is 21.4 Å². The number of nitrogens with one attached hydrogen (secondary N) is 1. The third-order valence-electron chi connectivity index (χ3n) is 3.72. The van der Waals surface area contributed by atoms with Crippen molar-refractivity contribution in [2.75, 3.05) is 20.1 Å². The maximum Gasteiger partial charge on any atom is 0.0241 e. The number of likely N-dealkylation sites (N-methyl/N-ethyl adjacent to an activating group) is 1. The van der Waals surface area contributed by atoms with E-state index in [2.05, 4.69) is 34.7 Å². The first-order chi connectivity index (χ1) is 7.81. The molecule has 0 amide bonds. The summed E-state index contributed by atoms with van der Waals surface area (Å²) in [6.07, 6.45) is 5.23. The van der Waals surface area contributed by atoms with Crippen LogP contribution >= 0.6 is 11.3 Å². The molecule has 88 valence electrons. The molecule has 0 saturated carbocycles. The van der Waals surface area contributed by atoms with Gasteiger partial charge >= 0.3 is 0 Å². The van der Waals surface area contributed by atoms with Crippen LogP contribution in [0.25, 0.3) is 0 Å².